The second kappa shape index (κ2) is 10.9. The molecule has 3 aromatic rings. The third-order valence-corrected chi connectivity index (χ3v) is 6.14. The zero-order valence-electron chi connectivity index (χ0n) is 18.7. The molecule has 0 bridgehead atoms. The fourth-order valence-electron chi connectivity index (χ4n) is 3.21. The van der Waals surface area contributed by atoms with Crippen molar-refractivity contribution in [1.82, 2.24) is 15.5 Å². The van der Waals surface area contributed by atoms with Crippen LogP contribution in [0.15, 0.2) is 48.5 Å². The summed E-state index contributed by atoms with van der Waals surface area (Å²) in [6, 6.07) is 14.6. The molecule has 168 valence electrons. The van der Waals surface area contributed by atoms with E-state index in [1.54, 1.807) is 7.11 Å². The van der Waals surface area contributed by atoms with Crippen LogP contribution in [0.25, 0.3) is 10.6 Å². The van der Waals surface area contributed by atoms with E-state index in [0.717, 1.165) is 33.9 Å². The smallest absolute Gasteiger partial charge is 0.249 e. The molecule has 3 rings (SSSR count). The summed E-state index contributed by atoms with van der Waals surface area (Å²) in [7, 11) is 1.60. The van der Waals surface area contributed by atoms with Gasteiger partial charge in [-0.05, 0) is 36.6 Å². The third kappa shape index (κ3) is 6.13. The molecule has 32 heavy (non-hydrogen) atoms. The zero-order chi connectivity index (χ0) is 23.1. The van der Waals surface area contributed by atoms with Crippen LogP contribution in [-0.4, -0.2) is 35.2 Å². The van der Waals surface area contributed by atoms with Crippen molar-refractivity contribution in [1.29, 1.82) is 0 Å². The Morgan fingerprint density at radius 1 is 1.12 bits per heavy atom. The van der Waals surface area contributed by atoms with Crippen molar-refractivity contribution in [3.63, 3.8) is 0 Å². The summed E-state index contributed by atoms with van der Waals surface area (Å²) in [5.74, 6) is 0.176. The van der Waals surface area contributed by atoms with Crippen LogP contribution in [0.1, 0.15) is 31.4 Å². The molecule has 2 atom stereocenters. The number of anilines is 1. The topological polar surface area (TPSA) is 93.2 Å². The molecule has 0 saturated heterocycles. The van der Waals surface area contributed by atoms with Crippen LogP contribution in [-0.2, 0) is 16.0 Å². The maximum Gasteiger partial charge on any atom is 0.249 e. The van der Waals surface area contributed by atoms with E-state index in [1.807, 2.05) is 69.3 Å². The minimum Gasteiger partial charge on any atom is -0.497 e. The summed E-state index contributed by atoms with van der Waals surface area (Å²) in [4.78, 5) is 25.6. The van der Waals surface area contributed by atoms with E-state index < -0.39 is 6.04 Å². The fourth-order valence-corrected chi connectivity index (χ4v) is 3.95. The summed E-state index contributed by atoms with van der Waals surface area (Å²) >= 11 is 1.31. The summed E-state index contributed by atoms with van der Waals surface area (Å²) in [5.41, 5.74) is 2.92. The number of amides is 2. The number of hydrogen-bond acceptors (Lipinski definition) is 6. The summed E-state index contributed by atoms with van der Waals surface area (Å²) in [6.45, 7) is 5.94. The molecule has 0 aliphatic heterocycles. The molecule has 0 radical (unpaired) electrons. The van der Waals surface area contributed by atoms with Crippen molar-refractivity contribution in [2.24, 2.45) is 5.92 Å². The number of nitrogens with one attached hydrogen (secondary N) is 2. The first-order chi connectivity index (χ1) is 15.4. The quantitative estimate of drug-likeness (QED) is 0.507. The van der Waals surface area contributed by atoms with Gasteiger partial charge in [-0.3, -0.25) is 14.9 Å². The maximum atomic E-state index is 13.0. The number of hydrogen-bond donors (Lipinski definition) is 2. The number of carbonyl (C=O) groups is 2. The first-order valence-electron chi connectivity index (χ1n) is 10.5. The maximum absolute atomic E-state index is 13.0. The average Bonchev–Trinajstić information content (AvgIpc) is 3.26. The molecule has 2 aromatic carbocycles. The first-order valence-corrected chi connectivity index (χ1v) is 11.3. The van der Waals surface area contributed by atoms with Gasteiger partial charge in [0.25, 0.3) is 0 Å². The minimum atomic E-state index is -0.669. The van der Waals surface area contributed by atoms with Gasteiger partial charge in [0.2, 0.25) is 16.9 Å². The Labute approximate surface area is 192 Å². The van der Waals surface area contributed by atoms with Gasteiger partial charge in [-0.2, -0.15) is 0 Å². The van der Waals surface area contributed by atoms with Crippen molar-refractivity contribution < 1.29 is 14.3 Å². The standard InChI is InChI=1S/C24H28N4O3S/c1-5-16(3)21(25-20(29)14-17-9-11-19(31-4)12-10-17)22(30)26-24-28-27-23(32-24)18-8-6-7-15(2)13-18/h6-13,16,21H,5,14H2,1-4H3,(H,25,29)(H,26,28,30). The SMILES string of the molecule is CCC(C)C(NC(=O)Cc1ccc(OC)cc1)C(=O)Nc1nnc(-c2cccc(C)c2)s1. The van der Waals surface area contributed by atoms with Crippen molar-refractivity contribution >= 4 is 28.3 Å². The molecule has 1 heterocycles. The Balaban J connectivity index is 1.66. The molecule has 0 fully saturated rings. The molecule has 1 aromatic heterocycles. The molecule has 2 amide bonds. The number of rotatable bonds is 9. The highest BCUT2D eigenvalue weighted by Crippen LogP contribution is 2.27. The molecule has 8 heteroatoms. The Morgan fingerprint density at radius 2 is 1.88 bits per heavy atom. The zero-order valence-corrected chi connectivity index (χ0v) is 19.5. The monoisotopic (exact) mass is 452 g/mol. The number of ether oxygens (including phenoxy) is 1. The summed E-state index contributed by atoms with van der Waals surface area (Å²) < 4.78 is 5.14. The molecular formula is C24H28N4O3S. The highest BCUT2D eigenvalue weighted by atomic mass is 32.1. The number of aryl methyl sites for hydroxylation is 1. The first kappa shape index (κ1) is 23.4. The normalized spacial score (nSPS) is 12.6. The number of carbonyl (C=O) groups excluding carboxylic acids is 2. The van der Waals surface area contributed by atoms with E-state index in [0.29, 0.717) is 5.13 Å². The lowest BCUT2D eigenvalue weighted by Crippen LogP contribution is -2.48. The molecule has 2 N–H and O–H groups in total. The number of benzene rings is 2. The van der Waals surface area contributed by atoms with Gasteiger partial charge in [0.15, 0.2) is 0 Å². The fraction of sp³-hybridized carbons (Fsp3) is 0.333. The molecule has 0 aliphatic carbocycles. The van der Waals surface area contributed by atoms with Gasteiger partial charge in [-0.15, -0.1) is 10.2 Å². The van der Waals surface area contributed by atoms with Crippen LogP contribution in [0.2, 0.25) is 0 Å². The minimum absolute atomic E-state index is 0.0426. The highest BCUT2D eigenvalue weighted by molar-refractivity contribution is 7.18. The molecule has 2 unspecified atom stereocenters. The average molecular weight is 453 g/mol. The lowest BCUT2D eigenvalue weighted by Gasteiger charge is -2.23. The van der Waals surface area contributed by atoms with Gasteiger partial charge in [-0.25, -0.2) is 0 Å². The largest absolute Gasteiger partial charge is 0.497 e. The Kier molecular flexibility index (Phi) is 7.94. The van der Waals surface area contributed by atoms with E-state index in [4.69, 9.17) is 4.74 Å². The predicted molar refractivity (Wildman–Crippen MR) is 127 cm³/mol. The van der Waals surface area contributed by atoms with E-state index in [1.165, 1.54) is 11.3 Å². The number of methoxy groups -OCH3 is 1. The van der Waals surface area contributed by atoms with Crippen molar-refractivity contribution in [3.05, 3.63) is 59.7 Å². The summed E-state index contributed by atoms with van der Waals surface area (Å²) in [6.07, 6.45) is 0.923. The van der Waals surface area contributed by atoms with Gasteiger partial charge < -0.3 is 10.1 Å². The molecule has 0 saturated carbocycles. The number of aromatic nitrogens is 2. The van der Waals surface area contributed by atoms with Crippen LogP contribution in [0.5, 0.6) is 5.75 Å². The predicted octanol–water partition coefficient (Wildman–Crippen LogP) is 4.23. The van der Waals surface area contributed by atoms with E-state index in [-0.39, 0.29) is 24.2 Å². The second-order valence-electron chi connectivity index (χ2n) is 7.73. The van der Waals surface area contributed by atoms with Gasteiger partial charge >= 0.3 is 0 Å². The molecular weight excluding hydrogens is 424 g/mol. The lowest BCUT2D eigenvalue weighted by atomic mass is 9.98. The Hall–Kier alpha value is -3.26. The van der Waals surface area contributed by atoms with E-state index in [2.05, 4.69) is 20.8 Å². The van der Waals surface area contributed by atoms with Crippen LogP contribution < -0.4 is 15.4 Å². The van der Waals surface area contributed by atoms with Gasteiger partial charge in [0.05, 0.1) is 13.5 Å². The molecule has 0 aliphatic rings. The van der Waals surface area contributed by atoms with Gasteiger partial charge in [0.1, 0.15) is 16.8 Å². The molecule has 7 nitrogen and oxygen atoms in total. The van der Waals surface area contributed by atoms with Crippen molar-refractivity contribution in [3.8, 4) is 16.3 Å². The Bertz CT molecular complexity index is 1070. The summed E-state index contributed by atoms with van der Waals surface area (Å²) in [5, 5.41) is 15.1. The van der Waals surface area contributed by atoms with Gasteiger partial charge in [0, 0.05) is 5.56 Å². The molecule has 0 spiro atoms. The van der Waals surface area contributed by atoms with E-state index >= 15 is 0 Å². The van der Waals surface area contributed by atoms with E-state index in [9.17, 15) is 9.59 Å². The van der Waals surface area contributed by atoms with Gasteiger partial charge in [-0.1, -0.05) is 67.5 Å². The third-order valence-electron chi connectivity index (χ3n) is 5.26. The van der Waals surface area contributed by atoms with Crippen molar-refractivity contribution in [2.75, 3.05) is 12.4 Å². The lowest BCUT2D eigenvalue weighted by molar-refractivity contribution is -0.127. The van der Waals surface area contributed by atoms with Crippen LogP contribution in [0.3, 0.4) is 0 Å². The number of nitrogens with zero attached hydrogens (tertiary/aromatic N) is 2. The van der Waals surface area contributed by atoms with Crippen molar-refractivity contribution in [2.45, 2.75) is 39.7 Å². The van der Waals surface area contributed by atoms with Crippen LogP contribution in [0, 0.1) is 12.8 Å². The van der Waals surface area contributed by atoms with Crippen LogP contribution in [0.4, 0.5) is 5.13 Å². The Morgan fingerprint density at radius 3 is 2.53 bits per heavy atom. The highest BCUT2D eigenvalue weighted by Gasteiger charge is 2.27. The van der Waals surface area contributed by atoms with Crippen LogP contribution >= 0.6 is 11.3 Å². The second-order valence-corrected chi connectivity index (χ2v) is 8.70.